The number of ketones is 2. The molecule has 4 heteroatoms. The summed E-state index contributed by atoms with van der Waals surface area (Å²) in [5.41, 5.74) is 0.697. The highest BCUT2D eigenvalue weighted by atomic mass is 32.2. The SMILES string of the molecule is CCOCC1C(=O)CC(=O)C(C)=C1Sc1ccccc1. The quantitative estimate of drug-likeness (QED) is 0.781. The van der Waals surface area contributed by atoms with Gasteiger partial charge in [-0.2, -0.15) is 0 Å². The Labute approximate surface area is 123 Å². The summed E-state index contributed by atoms with van der Waals surface area (Å²) in [5.74, 6) is -0.411. The van der Waals surface area contributed by atoms with Crippen LogP contribution in [0.25, 0.3) is 0 Å². The van der Waals surface area contributed by atoms with E-state index in [2.05, 4.69) is 0 Å². The molecule has 1 aromatic rings. The second-order valence-corrected chi connectivity index (χ2v) is 5.80. The zero-order chi connectivity index (χ0) is 14.5. The Morgan fingerprint density at radius 3 is 2.60 bits per heavy atom. The molecular formula is C16H18O3S. The number of thioether (sulfide) groups is 1. The molecule has 0 N–H and O–H groups in total. The Bertz CT molecular complexity index is 534. The molecule has 3 nitrogen and oxygen atoms in total. The third kappa shape index (κ3) is 3.38. The van der Waals surface area contributed by atoms with Crippen molar-refractivity contribution in [1.29, 1.82) is 0 Å². The van der Waals surface area contributed by atoms with Crippen LogP contribution in [0.3, 0.4) is 0 Å². The minimum absolute atomic E-state index is 0.00240. The second kappa shape index (κ2) is 6.86. The van der Waals surface area contributed by atoms with E-state index in [1.807, 2.05) is 37.3 Å². The van der Waals surface area contributed by atoms with Gasteiger partial charge >= 0.3 is 0 Å². The van der Waals surface area contributed by atoms with Crippen molar-refractivity contribution < 1.29 is 14.3 Å². The van der Waals surface area contributed by atoms with Crippen molar-refractivity contribution in [3.8, 4) is 0 Å². The van der Waals surface area contributed by atoms with Gasteiger partial charge in [0.1, 0.15) is 0 Å². The lowest BCUT2D eigenvalue weighted by Crippen LogP contribution is -2.30. The highest BCUT2D eigenvalue weighted by molar-refractivity contribution is 8.03. The van der Waals surface area contributed by atoms with E-state index in [1.165, 1.54) is 11.8 Å². The molecule has 1 aliphatic rings. The largest absolute Gasteiger partial charge is 0.381 e. The lowest BCUT2D eigenvalue weighted by atomic mass is 9.89. The topological polar surface area (TPSA) is 43.4 Å². The first-order valence-electron chi connectivity index (χ1n) is 6.70. The van der Waals surface area contributed by atoms with Gasteiger partial charge in [-0.05, 0) is 26.0 Å². The van der Waals surface area contributed by atoms with Crippen LogP contribution in [0, 0.1) is 5.92 Å². The molecule has 1 unspecified atom stereocenters. The molecule has 106 valence electrons. The van der Waals surface area contributed by atoms with Crippen LogP contribution in [0.4, 0.5) is 0 Å². The van der Waals surface area contributed by atoms with Crippen LogP contribution in [0.5, 0.6) is 0 Å². The Kier molecular flexibility index (Phi) is 5.15. The lowest BCUT2D eigenvalue weighted by Gasteiger charge is -2.25. The first kappa shape index (κ1) is 15.0. The maximum Gasteiger partial charge on any atom is 0.166 e. The standard InChI is InChI=1S/C16H18O3S/c1-3-19-10-13-15(18)9-14(17)11(2)16(13)20-12-7-5-4-6-8-12/h4-8,13H,3,9-10H2,1-2H3. The van der Waals surface area contributed by atoms with E-state index in [4.69, 9.17) is 4.74 Å². The maximum atomic E-state index is 12.1. The van der Waals surface area contributed by atoms with Gasteiger partial charge in [0, 0.05) is 22.0 Å². The van der Waals surface area contributed by atoms with Crippen molar-refractivity contribution in [3.63, 3.8) is 0 Å². The van der Waals surface area contributed by atoms with Crippen molar-refractivity contribution in [3.05, 3.63) is 40.8 Å². The second-order valence-electron chi connectivity index (χ2n) is 4.68. The molecule has 20 heavy (non-hydrogen) atoms. The van der Waals surface area contributed by atoms with E-state index in [0.717, 1.165) is 9.80 Å². The van der Waals surface area contributed by atoms with Crippen molar-refractivity contribution in [1.82, 2.24) is 0 Å². The molecule has 0 aromatic heterocycles. The van der Waals surface area contributed by atoms with Crippen LogP contribution in [0.2, 0.25) is 0 Å². The number of benzene rings is 1. The van der Waals surface area contributed by atoms with E-state index < -0.39 is 0 Å². The number of hydrogen-bond acceptors (Lipinski definition) is 4. The molecule has 1 atom stereocenters. The van der Waals surface area contributed by atoms with Crippen LogP contribution < -0.4 is 0 Å². The fourth-order valence-corrected chi connectivity index (χ4v) is 3.28. The van der Waals surface area contributed by atoms with Gasteiger partial charge in [-0.15, -0.1) is 0 Å². The van der Waals surface area contributed by atoms with Gasteiger partial charge in [-0.1, -0.05) is 30.0 Å². The van der Waals surface area contributed by atoms with Gasteiger partial charge in [0.25, 0.3) is 0 Å². The Hall–Kier alpha value is -1.39. The van der Waals surface area contributed by atoms with Gasteiger partial charge < -0.3 is 4.74 Å². The van der Waals surface area contributed by atoms with E-state index in [-0.39, 0.29) is 23.9 Å². The molecule has 0 amide bonds. The summed E-state index contributed by atoms with van der Waals surface area (Å²) in [6, 6.07) is 9.79. The van der Waals surface area contributed by atoms with Crippen molar-refractivity contribution in [2.75, 3.05) is 13.2 Å². The number of allylic oxidation sites excluding steroid dienone is 1. The van der Waals surface area contributed by atoms with E-state index in [1.54, 1.807) is 6.92 Å². The minimum atomic E-state index is -0.308. The summed E-state index contributed by atoms with van der Waals surface area (Å²) in [6.45, 7) is 4.63. The predicted molar refractivity (Wildman–Crippen MR) is 79.6 cm³/mol. The van der Waals surface area contributed by atoms with Gasteiger partial charge in [-0.3, -0.25) is 9.59 Å². The van der Waals surface area contributed by atoms with Crippen molar-refractivity contribution in [2.24, 2.45) is 5.92 Å². The van der Waals surface area contributed by atoms with E-state index >= 15 is 0 Å². The predicted octanol–water partition coefficient (Wildman–Crippen LogP) is 3.25. The normalized spacial score (nSPS) is 19.6. The smallest absolute Gasteiger partial charge is 0.166 e. The Balaban J connectivity index is 2.29. The molecule has 0 saturated carbocycles. The first-order valence-corrected chi connectivity index (χ1v) is 7.52. The number of ether oxygens (including phenoxy) is 1. The summed E-state index contributed by atoms with van der Waals surface area (Å²) < 4.78 is 5.42. The Morgan fingerprint density at radius 1 is 1.25 bits per heavy atom. The zero-order valence-electron chi connectivity index (χ0n) is 11.7. The molecule has 0 fully saturated rings. The molecule has 1 aliphatic carbocycles. The van der Waals surface area contributed by atoms with Crippen LogP contribution in [-0.2, 0) is 14.3 Å². The summed E-state index contributed by atoms with van der Waals surface area (Å²) in [5, 5.41) is 0. The zero-order valence-corrected chi connectivity index (χ0v) is 12.5. The van der Waals surface area contributed by atoms with E-state index in [9.17, 15) is 9.59 Å². The number of carbonyl (C=O) groups excluding carboxylic acids is 2. The average molecular weight is 290 g/mol. The molecule has 0 heterocycles. The average Bonchev–Trinajstić information content (AvgIpc) is 2.45. The summed E-state index contributed by atoms with van der Waals surface area (Å²) in [6.07, 6.45) is 0.00240. The van der Waals surface area contributed by atoms with Gasteiger partial charge in [0.05, 0.1) is 18.9 Å². The van der Waals surface area contributed by atoms with Crippen LogP contribution >= 0.6 is 11.8 Å². The van der Waals surface area contributed by atoms with Crippen molar-refractivity contribution in [2.45, 2.75) is 25.2 Å². The number of Topliss-reactive ketones (excluding diaryl/α,β-unsaturated/α-hetero) is 2. The summed E-state index contributed by atoms with van der Waals surface area (Å²) in [7, 11) is 0. The molecule has 0 saturated heterocycles. The monoisotopic (exact) mass is 290 g/mol. The number of hydrogen-bond donors (Lipinski definition) is 0. The highest BCUT2D eigenvalue weighted by Crippen LogP contribution is 2.38. The number of carbonyl (C=O) groups is 2. The fourth-order valence-electron chi connectivity index (χ4n) is 2.13. The molecule has 0 aliphatic heterocycles. The molecule has 0 spiro atoms. The first-order chi connectivity index (χ1) is 9.63. The highest BCUT2D eigenvalue weighted by Gasteiger charge is 2.33. The molecular weight excluding hydrogens is 272 g/mol. The maximum absolute atomic E-state index is 12.1. The molecule has 2 rings (SSSR count). The van der Waals surface area contributed by atoms with E-state index in [0.29, 0.717) is 18.8 Å². The van der Waals surface area contributed by atoms with Gasteiger partial charge in [0.2, 0.25) is 0 Å². The van der Waals surface area contributed by atoms with Crippen LogP contribution in [0.15, 0.2) is 45.7 Å². The van der Waals surface area contributed by atoms with Crippen molar-refractivity contribution >= 4 is 23.3 Å². The van der Waals surface area contributed by atoms with Crippen LogP contribution in [-0.4, -0.2) is 24.8 Å². The Morgan fingerprint density at radius 2 is 1.95 bits per heavy atom. The molecule has 1 aromatic carbocycles. The number of rotatable bonds is 5. The third-order valence-corrected chi connectivity index (χ3v) is 4.61. The van der Waals surface area contributed by atoms with Gasteiger partial charge in [-0.25, -0.2) is 0 Å². The third-order valence-electron chi connectivity index (χ3n) is 3.29. The fraction of sp³-hybridized carbons (Fsp3) is 0.375. The molecule has 0 radical (unpaired) electrons. The minimum Gasteiger partial charge on any atom is -0.381 e. The van der Waals surface area contributed by atoms with Gasteiger partial charge in [0.15, 0.2) is 11.6 Å². The summed E-state index contributed by atoms with van der Waals surface area (Å²) >= 11 is 1.50. The summed E-state index contributed by atoms with van der Waals surface area (Å²) in [4.78, 5) is 25.9. The molecule has 0 bridgehead atoms. The van der Waals surface area contributed by atoms with Crippen LogP contribution in [0.1, 0.15) is 20.3 Å². The lowest BCUT2D eigenvalue weighted by molar-refractivity contribution is -0.129.